The van der Waals surface area contributed by atoms with Crippen LogP contribution >= 0.6 is 0 Å². The molecule has 0 fully saturated rings. The molecular weight excluding hydrogens is 282 g/mol. The van der Waals surface area contributed by atoms with E-state index in [-0.39, 0.29) is 0 Å². The van der Waals surface area contributed by atoms with Crippen molar-refractivity contribution < 1.29 is 53.4 Å². The van der Waals surface area contributed by atoms with Crippen LogP contribution in [0, 0.1) is 0 Å². The smallest absolute Gasteiger partial charge is 0.304 e. The van der Waals surface area contributed by atoms with Gasteiger partial charge in [-0.05, 0) is 0 Å². The van der Waals surface area contributed by atoms with Gasteiger partial charge < -0.3 is 4.74 Å². The van der Waals surface area contributed by atoms with Crippen molar-refractivity contribution in [1.29, 1.82) is 0 Å². The minimum atomic E-state index is -6.28. The Kier molecular flexibility index (Phi) is 4.27. The van der Waals surface area contributed by atoms with Crippen LogP contribution in [0.1, 0.15) is 0 Å². The van der Waals surface area contributed by atoms with Crippen molar-refractivity contribution in [2.75, 3.05) is 6.61 Å². The molecule has 0 radical (unpaired) electrons. The van der Waals surface area contributed by atoms with Crippen LogP contribution in [0.25, 0.3) is 0 Å². The van der Waals surface area contributed by atoms with Gasteiger partial charge in [0.25, 0.3) is 0 Å². The topological polar surface area (TPSA) is 18.5 Å². The molecule has 0 atom stereocenters. The van der Waals surface area contributed by atoms with Crippen molar-refractivity contribution in [2.45, 2.75) is 24.8 Å². The lowest BCUT2D eigenvalue weighted by Crippen LogP contribution is -2.49. The molecule has 0 heterocycles. The molecule has 0 aliphatic heterocycles. The first-order chi connectivity index (χ1) is 7.16. The zero-order chi connectivity index (χ0) is 14.1. The van der Waals surface area contributed by atoms with Gasteiger partial charge in [0.2, 0.25) is 0 Å². The molecular formula is C5H2F10O2. The molecule has 17 heavy (non-hydrogen) atoms. The van der Waals surface area contributed by atoms with Crippen molar-refractivity contribution in [2.24, 2.45) is 0 Å². The normalized spacial score (nSPS) is 15.2. The van der Waals surface area contributed by atoms with E-state index in [0.29, 0.717) is 0 Å². The molecule has 0 aromatic rings. The van der Waals surface area contributed by atoms with Crippen molar-refractivity contribution in [3.05, 3.63) is 0 Å². The summed E-state index contributed by atoms with van der Waals surface area (Å²) in [5, 5.41) is 0. The van der Waals surface area contributed by atoms with Crippen LogP contribution in [0.3, 0.4) is 0 Å². The van der Waals surface area contributed by atoms with Crippen molar-refractivity contribution in [1.82, 2.24) is 0 Å². The van der Waals surface area contributed by atoms with Gasteiger partial charge in [0, 0.05) is 0 Å². The lowest BCUT2D eigenvalue weighted by molar-refractivity contribution is -0.507. The summed E-state index contributed by atoms with van der Waals surface area (Å²) < 4.78 is 120. The Balaban J connectivity index is 4.67. The molecule has 0 N–H and O–H groups in total. The van der Waals surface area contributed by atoms with Crippen LogP contribution in [0.4, 0.5) is 43.9 Å². The summed E-state index contributed by atoms with van der Waals surface area (Å²) in [6, 6.07) is 0. The average Bonchev–Trinajstić information content (AvgIpc) is 1.94. The highest BCUT2D eigenvalue weighted by Gasteiger charge is 2.65. The summed E-state index contributed by atoms with van der Waals surface area (Å²) in [7, 11) is 0. The molecule has 0 unspecified atom stereocenters. The lowest BCUT2D eigenvalue weighted by Gasteiger charge is -2.26. The van der Waals surface area contributed by atoms with Crippen LogP contribution in [-0.2, 0) is 9.47 Å². The zero-order valence-electron chi connectivity index (χ0n) is 7.30. The van der Waals surface area contributed by atoms with Gasteiger partial charge in [0.15, 0.2) is 0 Å². The Morgan fingerprint density at radius 2 is 1.06 bits per heavy atom. The minimum absolute atomic E-state index is 1.68. The van der Waals surface area contributed by atoms with Crippen LogP contribution in [0.2, 0.25) is 0 Å². The molecule has 0 spiro atoms. The van der Waals surface area contributed by atoms with E-state index in [2.05, 4.69) is 4.74 Å². The van der Waals surface area contributed by atoms with Gasteiger partial charge in [0.1, 0.15) is 6.61 Å². The molecule has 0 saturated carbocycles. The standard InChI is InChI=1S/C5H2F10O2/c6-2(7,8)1-16-3(9,10)4(11,12)17-5(13,14)15/h1H2. The van der Waals surface area contributed by atoms with Gasteiger partial charge in [-0.2, -0.15) is 30.7 Å². The summed E-state index contributed by atoms with van der Waals surface area (Å²) in [5.74, 6) is 0. The number of alkyl halides is 10. The van der Waals surface area contributed by atoms with Gasteiger partial charge in [-0.25, -0.2) is 4.74 Å². The number of halogens is 10. The third kappa shape index (κ3) is 5.91. The monoisotopic (exact) mass is 284 g/mol. The van der Waals surface area contributed by atoms with E-state index < -0.39 is 31.4 Å². The average molecular weight is 284 g/mol. The Labute approximate surface area is 86.1 Å². The maximum absolute atomic E-state index is 12.2. The van der Waals surface area contributed by atoms with Gasteiger partial charge in [-0.1, -0.05) is 0 Å². The minimum Gasteiger partial charge on any atom is -0.304 e. The molecule has 0 bridgehead atoms. The number of hydrogen-bond donors (Lipinski definition) is 0. The van der Waals surface area contributed by atoms with Gasteiger partial charge in [-0.3, -0.25) is 0 Å². The second-order valence-corrected chi connectivity index (χ2v) is 2.49. The lowest BCUT2D eigenvalue weighted by atomic mass is 10.5. The largest absolute Gasteiger partial charge is 0.527 e. The SMILES string of the molecule is FC(F)(F)COC(F)(F)C(F)(F)OC(F)(F)F. The predicted octanol–water partition coefficient (Wildman–Crippen LogP) is 3.29. The molecule has 0 aliphatic carbocycles. The quantitative estimate of drug-likeness (QED) is 0.737. The summed E-state index contributed by atoms with van der Waals surface area (Å²) in [6.45, 7) is -2.86. The first kappa shape index (κ1) is 16.2. The molecule has 0 aliphatic rings. The summed E-state index contributed by atoms with van der Waals surface area (Å²) in [4.78, 5) is 0. The highest BCUT2D eigenvalue weighted by molar-refractivity contribution is 4.68. The molecule has 0 rings (SSSR count). The molecule has 104 valence electrons. The fourth-order valence-corrected chi connectivity index (χ4v) is 0.461. The van der Waals surface area contributed by atoms with Crippen molar-refractivity contribution in [3.63, 3.8) is 0 Å². The Morgan fingerprint density at radius 3 is 1.35 bits per heavy atom. The van der Waals surface area contributed by atoms with E-state index in [4.69, 9.17) is 0 Å². The Hall–Kier alpha value is -0.780. The van der Waals surface area contributed by atoms with Crippen molar-refractivity contribution in [3.8, 4) is 0 Å². The van der Waals surface area contributed by atoms with E-state index in [1.54, 1.807) is 4.74 Å². The Morgan fingerprint density at radius 1 is 0.647 bits per heavy atom. The Bertz CT molecular complexity index is 252. The molecule has 0 aromatic carbocycles. The molecule has 0 amide bonds. The van der Waals surface area contributed by atoms with E-state index in [1.807, 2.05) is 0 Å². The van der Waals surface area contributed by atoms with Gasteiger partial charge in [0.05, 0.1) is 0 Å². The number of hydrogen-bond acceptors (Lipinski definition) is 2. The highest BCUT2D eigenvalue weighted by Crippen LogP contribution is 2.41. The summed E-state index contributed by atoms with van der Waals surface area (Å²) in [5.41, 5.74) is 0. The first-order valence-electron chi connectivity index (χ1n) is 3.39. The zero-order valence-corrected chi connectivity index (χ0v) is 7.30. The van der Waals surface area contributed by atoms with E-state index in [1.165, 1.54) is 0 Å². The second-order valence-electron chi connectivity index (χ2n) is 2.49. The predicted molar refractivity (Wildman–Crippen MR) is 29.0 cm³/mol. The van der Waals surface area contributed by atoms with Crippen molar-refractivity contribution >= 4 is 0 Å². The summed E-state index contributed by atoms with van der Waals surface area (Å²) in [6.07, 6.45) is -24.0. The van der Waals surface area contributed by atoms with Gasteiger partial charge in [-0.15, -0.1) is 13.2 Å². The maximum Gasteiger partial charge on any atom is 0.527 e. The van der Waals surface area contributed by atoms with E-state index in [9.17, 15) is 43.9 Å². The highest BCUT2D eigenvalue weighted by atomic mass is 19.4. The molecule has 2 nitrogen and oxygen atoms in total. The van der Waals surface area contributed by atoms with Crippen LogP contribution < -0.4 is 0 Å². The van der Waals surface area contributed by atoms with Crippen LogP contribution in [0.15, 0.2) is 0 Å². The summed E-state index contributed by atoms with van der Waals surface area (Å²) >= 11 is 0. The molecule has 12 heteroatoms. The van der Waals surface area contributed by atoms with E-state index in [0.717, 1.165) is 0 Å². The number of rotatable bonds is 4. The molecule has 0 saturated heterocycles. The van der Waals surface area contributed by atoms with Crippen LogP contribution in [-0.4, -0.2) is 31.4 Å². The second kappa shape index (κ2) is 4.48. The first-order valence-corrected chi connectivity index (χ1v) is 3.39. The number of ether oxygens (including phenoxy) is 2. The third-order valence-corrected chi connectivity index (χ3v) is 1.000. The fraction of sp³-hybridized carbons (Fsp3) is 1.00. The van der Waals surface area contributed by atoms with Crippen LogP contribution in [0.5, 0.6) is 0 Å². The van der Waals surface area contributed by atoms with Gasteiger partial charge >= 0.3 is 24.8 Å². The van der Waals surface area contributed by atoms with E-state index >= 15 is 0 Å². The maximum atomic E-state index is 12.2. The fourth-order valence-electron chi connectivity index (χ4n) is 0.461. The third-order valence-electron chi connectivity index (χ3n) is 1.000. The molecule has 0 aromatic heterocycles.